The fraction of sp³-hybridized carbons (Fsp3) is 0.333. The minimum absolute atomic E-state index is 0.0711. The van der Waals surface area contributed by atoms with Crippen molar-refractivity contribution in [2.24, 2.45) is 0 Å². The van der Waals surface area contributed by atoms with Gasteiger partial charge in [-0.15, -0.1) is 0 Å². The van der Waals surface area contributed by atoms with E-state index in [2.05, 4.69) is 12.2 Å². The average Bonchev–Trinajstić information content (AvgIpc) is 2.65. The molecule has 0 saturated carbocycles. The minimum Gasteiger partial charge on any atom is -0.325 e. The van der Waals surface area contributed by atoms with E-state index in [1.54, 1.807) is 30.3 Å². The molecule has 3 rings (SSSR count). The van der Waals surface area contributed by atoms with Gasteiger partial charge in [0.05, 0.1) is 18.3 Å². The summed E-state index contributed by atoms with van der Waals surface area (Å²) in [6, 6.07) is 14.5. The zero-order valence-electron chi connectivity index (χ0n) is 14.9. The Labute approximate surface area is 159 Å². The van der Waals surface area contributed by atoms with Crippen LogP contribution in [0.4, 0.5) is 5.69 Å². The third-order valence-electron chi connectivity index (χ3n) is 5.01. The van der Waals surface area contributed by atoms with Gasteiger partial charge in [-0.05, 0) is 44.4 Å². The van der Waals surface area contributed by atoms with Crippen LogP contribution >= 0.6 is 11.6 Å². The molecule has 1 saturated heterocycles. The Morgan fingerprint density at radius 3 is 2.65 bits per heavy atom. The van der Waals surface area contributed by atoms with Crippen LogP contribution in [0, 0.1) is 0 Å². The number of carbonyl (C=O) groups is 2. The second-order valence-electron chi connectivity index (χ2n) is 6.92. The van der Waals surface area contributed by atoms with Gasteiger partial charge in [0.15, 0.2) is 12.3 Å². The highest BCUT2D eigenvalue weighted by molar-refractivity contribution is 6.31. The van der Waals surface area contributed by atoms with Crippen molar-refractivity contribution in [3.05, 3.63) is 64.7 Å². The van der Waals surface area contributed by atoms with Crippen molar-refractivity contribution in [2.45, 2.75) is 32.2 Å². The lowest BCUT2D eigenvalue weighted by atomic mass is 10.0. The summed E-state index contributed by atoms with van der Waals surface area (Å²) >= 11 is 6.09. The van der Waals surface area contributed by atoms with E-state index in [1.165, 1.54) is 11.3 Å². The first-order chi connectivity index (χ1) is 12.5. The van der Waals surface area contributed by atoms with Crippen molar-refractivity contribution in [1.29, 1.82) is 0 Å². The molecule has 1 amide bonds. The third-order valence-corrected chi connectivity index (χ3v) is 5.24. The van der Waals surface area contributed by atoms with Crippen LogP contribution < -0.4 is 10.2 Å². The Bertz CT molecular complexity index is 792. The molecule has 1 fully saturated rings. The number of carbonyl (C=O) groups excluding carboxylic acids is 2. The van der Waals surface area contributed by atoms with E-state index in [-0.39, 0.29) is 11.7 Å². The van der Waals surface area contributed by atoms with Gasteiger partial charge in [0.2, 0.25) is 0 Å². The predicted octanol–water partition coefficient (Wildman–Crippen LogP) is 2.97. The van der Waals surface area contributed by atoms with Crippen molar-refractivity contribution in [3.63, 3.8) is 0 Å². The molecule has 0 aromatic heterocycles. The van der Waals surface area contributed by atoms with Gasteiger partial charge in [-0.1, -0.05) is 41.9 Å². The van der Waals surface area contributed by atoms with Crippen molar-refractivity contribution in [2.75, 3.05) is 18.4 Å². The zero-order valence-corrected chi connectivity index (χ0v) is 15.7. The lowest BCUT2D eigenvalue weighted by molar-refractivity contribution is -0.920. The molecule has 5 heteroatoms. The number of anilines is 1. The number of piperidine rings is 1. The van der Waals surface area contributed by atoms with Crippen LogP contribution in [0.5, 0.6) is 0 Å². The monoisotopic (exact) mass is 371 g/mol. The summed E-state index contributed by atoms with van der Waals surface area (Å²) < 4.78 is 0. The average molecular weight is 372 g/mol. The summed E-state index contributed by atoms with van der Waals surface area (Å²) in [6.45, 7) is 3.63. The first-order valence-electron chi connectivity index (χ1n) is 9.08. The molecular weight excluding hydrogens is 348 g/mol. The molecule has 0 aliphatic carbocycles. The molecule has 1 aliphatic heterocycles. The maximum Gasteiger partial charge on any atom is 0.279 e. The molecule has 4 nitrogen and oxygen atoms in total. The fourth-order valence-electron chi connectivity index (χ4n) is 3.47. The van der Waals surface area contributed by atoms with E-state index in [9.17, 15) is 9.59 Å². The highest BCUT2D eigenvalue weighted by Crippen LogP contribution is 2.23. The Balaban J connectivity index is 1.77. The quantitative estimate of drug-likeness (QED) is 0.794. The number of hydrogen-bond donors (Lipinski definition) is 2. The van der Waals surface area contributed by atoms with E-state index in [0.717, 1.165) is 19.4 Å². The third kappa shape index (κ3) is 4.51. The fourth-order valence-corrected chi connectivity index (χ4v) is 3.65. The highest BCUT2D eigenvalue weighted by atomic mass is 35.5. The number of ketones is 1. The number of nitrogens with one attached hydrogen (secondary N) is 2. The molecule has 2 aromatic carbocycles. The molecule has 136 valence electrons. The Morgan fingerprint density at radius 2 is 1.92 bits per heavy atom. The molecule has 0 bridgehead atoms. The first kappa shape index (κ1) is 18.6. The number of benzene rings is 2. The van der Waals surface area contributed by atoms with Gasteiger partial charge in [0.1, 0.15) is 0 Å². The van der Waals surface area contributed by atoms with Crippen LogP contribution in [-0.2, 0) is 4.79 Å². The van der Waals surface area contributed by atoms with Crippen LogP contribution in [0.3, 0.4) is 0 Å². The summed E-state index contributed by atoms with van der Waals surface area (Å²) in [6.07, 6.45) is 3.55. The molecule has 1 aliphatic rings. The van der Waals surface area contributed by atoms with Crippen molar-refractivity contribution < 1.29 is 14.5 Å². The topological polar surface area (TPSA) is 50.6 Å². The lowest BCUT2D eigenvalue weighted by Crippen LogP contribution is -3.17. The largest absolute Gasteiger partial charge is 0.325 e. The van der Waals surface area contributed by atoms with Crippen LogP contribution in [0.25, 0.3) is 0 Å². The van der Waals surface area contributed by atoms with Crippen molar-refractivity contribution in [1.82, 2.24) is 0 Å². The highest BCUT2D eigenvalue weighted by Gasteiger charge is 2.25. The van der Waals surface area contributed by atoms with E-state index in [1.807, 2.05) is 18.2 Å². The zero-order chi connectivity index (χ0) is 18.5. The molecule has 2 atom stereocenters. The van der Waals surface area contributed by atoms with Gasteiger partial charge < -0.3 is 10.2 Å². The molecule has 2 N–H and O–H groups in total. The summed E-state index contributed by atoms with van der Waals surface area (Å²) in [5, 5.41) is 3.39. The number of halogens is 1. The Hall–Kier alpha value is -2.17. The van der Waals surface area contributed by atoms with Gasteiger partial charge in [0, 0.05) is 16.1 Å². The van der Waals surface area contributed by atoms with E-state index >= 15 is 0 Å². The molecule has 0 radical (unpaired) electrons. The van der Waals surface area contributed by atoms with Crippen molar-refractivity contribution >= 4 is 29.0 Å². The number of quaternary nitrogens is 1. The van der Waals surface area contributed by atoms with E-state index in [4.69, 9.17) is 11.6 Å². The van der Waals surface area contributed by atoms with Gasteiger partial charge >= 0.3 is 0 Å². The molecule has 0 spiro atoms. The second-order valence-corrected chi connectivity index (χ2v) is 7.35. The van der Waals surface area contributed by atoms with Gasteiger partial charge in [-0.3, -0.25) is 9.59 Å². The minimum atomic E-state index is -0.151. The van der Waals surface area contributed by atoms with E-state index in [0.29, 0.717) is 34.4 Å². The SMILES string of the molecule is C[C@H]1CCCC[NH+]1CC(=O)Nc1ccc(Cl)cc1C(=O)c1ccccc1. The maximum absolute atomic E-state index is 12.8. The van der Waals surface area contributed by atoms with Gasteiger partial charge in [-0.2, -0.15) is 0 Å². The summed E-state index contributed by atoms with van der Waals surface area (Å²) in [5.74, 6) is -0.222. The second kappa shape index (κ2) is 8.47. The van der Waals surface area contributed by atoms with Gasteiger partial charge in [-0.25, -0.2) is 0 Å². The van der Waals surface area contributed by atoms with Crippen LogP contribution in [0.1, 0.15) is 42.1 Å². The smallest absolute Gasteiger partial charge is 0.279 e. The molecule has 26 heavy (non-hydrogen) atoms. The van der Waals surface area contributed by atoms with Crippen LogP contribution in [0.15, 0.2) is 48.5 Å². The standard InChI is InChI=1S/C21H23ClN2O2/c1-15-7-5-6-12-24(15)14-20(25)23-19-11-10-17(22)13-18(19)21(26)16-8-3-2-4-9-16/h2-4,8-11,13,15H,5-7,12,14H2,1H3,(H,23,25)/p+1/t15-/m0/s1. The molecule has 2 aromatic rings. The molecular formula is C21H24ClN2O2+. The lowest BCUT2D eigenvalue weighted by Gasteiger charge is -2.29. The first-order valence-corrected chi connectivity index (χ1v) is 9.46. The summed E-state index contributed by atoms with van der Waals surface area (Å²) in [4.78, 5) is 26.7. The van der Waals surface area contributed by atoms with Crippen LogP contribution in [0.2, 0.25) is 5.02 Å². The number of amides is 1. The van der Waals surface area contributed by atoms with Gasteiger partial charge in [0.25, 0.3) is 5.91 Å². The summed E-state index contributed by atoms with van der Waals surface area (Å²) in [7, 11) is 0. The molecule has 1 heterocycles. The predicted molar refractivity (Wildman–Crippen MR) is 104 cm³/mol. The summed E-state index contributed by atoms with van der Waals surface area (Å²) in [5.41, 5.74) is 1.50. The Morgan fingerprint density at radius 1 is 1.15 bits per heavy atom. The van der Waals surface area contributed by atoms with E-state index < -0.39 is 0 Å². The number of rotatable bonds is 5. The van der Waals surface area contributed by atoms with Crippen molar-refractivity contribution in [3.8, 4) is 0 Å². The Kier molecular flexibility index (Phi) is 6.07. The number of hydrogen-bond acceptors (Lipinski definition) is 2. The van der Waals surface area contributed by atoms with Crippen LogP contribution in [-0.4, -0.2) is 30.8 Å². The maximum atomic E-state index is 12.8. The number of likely N-dealkylation sites (tertiary alicyclic amines) is 1. The normalized spacial score (nSPS) is 19.8. The molecule has 1 unspecified atom stereocenters.